The number of aliphatic hydroxyl groups excluding tert-OH is 1. The van der Waals surface area contributed by atoms with Gasteiger partial charge in [-0.2, -0.15) is 0 Å². The number of nitrogens with zero attached hydrogens (tertiary/aromatic N) is 2. The average molecular weight is 266 g/mol. The highest BCUT2D eigenvalue weighted by Crippen LogP contribution is 2.29. The molecule has 3 nitrogen and oxygen atoms in total. The van der Waals surface area contributed by atoms with Crippen LogP contribution in [0.4, 0.5) is 10.1 Å². The lowest BCUT2D eigenvalue weighted by molar-refractivity contribution is 0.105. The van der Waals surface area contributed by atoms with Crippen molar-refractivity contribution in [3.8, 4) is 0 Å². The molecule has 2 rings (SSSR count). The van der Waals surface area contributed by atoms with Crippen LogP contribution in [-0.4, -0.2) is 48.3 Å². The number of rotatable bonds is 3. The summed E-state index contributed by atoms with van der Waals surface area (Å²) in [5.74, 6) is -0.212. The Bertz CT molecular complexity index is 419. The SMILES string of the molecule is CN1CC(CCO)N(c2ccc(F)cc2)CC1(C)C. The molecule has 0 spiro atoms. The second-order valence-corrected chi connectivity index (χ2v) is 5.96. The van der Waals surface area contributed by atoms with Crippen molar-refractivity contribution in [1.82, 2.24) is 4.90 Å². The number of anilines is 1. The van der Waals surface area contributed by atoms with Crippen molar-refractivity contribution >= 4 is 5.69 Å². The predicted molar refractivity (Wildman–Crippen MR) is 75.9 cm³/mol. The molecule has 1 aliphatic heterocycles. The normalized spacial score (nSPS) is 23.6. The summed E-state index contributed by atoms with van der Waals surface area (Å²) >= 11 is 0. The van der Waals surface area contributed by atoms with Crippen molar-refractivity contribution in [2.75, 3.05) is 31.6 Å². The number of likely N-dealkylation sites (N-methyl/N-ethyl adjacent to an activating group) is 1. The van der Waals surface area contributed by atoms with E-state index in [-0.39, 0.29) is 24.0 Å². The third kappa shape index (κ3) is 3.07. The molecule has 0 aliphatic carbocycles. The summed E-state index contributed by atoms with van der Waals surface area (Å²) in [5, 5.41) is 9.24. The van der Waals surface area contributed by atoms with Crippen LogP contribution in [-0.2, 0) is 0 Å². The van der Waals surface area contributed by atoms with Gasteiger partial charge in [0.1, 0.15) is 5.82 Å². The van der Waals surface area contributed by atoms with Gasteiger partial charge < -0.3 is 10.0 Å². The molecule has 4 heteroatoms. The van der Waals surface area contributed by atoms with Gasteiger partial charge in [0.15, 0.2) is 0 Å². The van der Waals surface area contributed by atoms with Crippen LogP contribution in [0.5, 0.6) is 0 Å². The van der Waals surface area contributed by atoms with E-state index in [0.29, 0.717) is 0 Å². The predicted octanol–water partition coefficient (Wildman–Crippen LogP) is 2.11. The Labute approximate surface area is 114 Å². The molecular weight excluding hydrogens is 243 g/mol. The lowest BCUT2D eigenvalue weighted by Crippen LogP contribution is -2.62. The van der Waals surface area contributed by atoms with E-state index in [1.165, 1.54) is 12.1 Å². The number of aliphatic hydroxyl groups is 1. The van der Waals surface area contributed by atoms with Gasteiger partial charge in [-0.15, -0.1) is 0 Å². The Morgan fingerprint density at radius 2 is 1.95 bits per heavy atom. The van der Waals surface area contributed by atoms with E-state index in [2.05, 4.69) is 30.7 Å². The van der Waals surface area contributed by atoms with E-state index in [1.807, 2.05) is 12.1 Å². The molecule has 1 unspecified atom stereocenters. The molecule has 1 aromatic rings. The lowest BCUT2D eigenvalue weighted by Gasteiger charge is -2.50. The highest BCUT2D eigenvalue weighted by Gasteiger charge is 2.36. The molecule has 1 aromatic carbocycles. The quantitative estimate of drug-likeness (QED) is 0.907. The van der Waals surface area contributed by atoms with Crippen molar-refractivity contribution in [2.45, 2.75) is 31.8 Å². The Morgan fingerprint density at radius 3 is 2.53 bits per heavy atom. The van der Waals surface area contributed by atoms with Crippen molar-refractivity contribution in [3.05, 3.63) is 30.1 Å². The van der Waals surface area contributed by atoms with E-state index in [0.717, 1.165) is 25.2 Å². The molecule has 19 heavy (non-hydrogen) atoms. The zero-order valence-electron chi connectivity index (χ0n) is 11.9. The highest BCUT2D eigenvalue weighted by atomic mass is 19.1. The summed E-state index contributed by atoms with van der Waals surface area (Å²) < 4.78 is 13.0. The summed E-state index contributed by atoms with van der Waals surface area (Å²) in [6.07, 6.45) is 0.734. The summed E-state index contributed by atoms with van der Waals surface area (Å²) in [5.41, 5.74) is 1.10. The minimum absolute atomic E-state index is 0.0698. The molecule has 0 radical (unpaired) electrons. The summed E-state index contributed by atoms with van der Waals surface area (Å²) in [7, 11) is 2.12. The van der Waals surface area contributed by atoms with Crippen LogP contribution in [0, 0.1) is 5.82 Å². The van der Waals surface area contributed by atoms with Gasteiger partial charge in [0.25, 0.3) is 0 Å². The second-order valence-electron chi connectivity index (χ2n) is 5.96. The molecule has 1 atom stereocenters. The second kappa shape index (κ2) is 5.47. The van der Waals surface area contributed by atoms with Gasteiger partial charge in [-0.25, -0.2) is 4.39 Å². The van der Waals surface area contributed by atoms with E-state index >= 15 is 0 Å². The maximum atomic E-state index is 13.0. The lowest BCUT2D eigenvalue weighted by atomic mass is 9.94. The Hall–Kier alpha value is -1.13. The standard InChI is InChI=1S/C15H23FN2O/c1-15(2)11-18(13-6-4-12(16)5-7-13)14(8-9-19)10-17(15)3/h4-7,14,19H,8-11H2,1-3H3. The first-order valence-corrected chi connectivity index (χ1v) is 6.78. The first kappa shape index (κ1) is 14.3. The third-order valence-electron chi connectivity index (χ3n) is 4.14. The molecule has 106 valence electrons. The highest BCUT2D eigenvalue weighted by molar-refractivity contribution is 5.48. The minimum Gasteiger partial charge on any atom is -0.396 e. The molecule has 1 heterocycles. The smallest absolute Gasteiger partial charge is 0.123 e. The zero-order chi connectivity index (χ0) is 14.0. The van der Waals surface area contributed by atoms with Crippen LogP contribution >= 0.6 is 0 Å². The number of hydrogen-bond acceptors (Lipinski definition) is 3. The van der Waals surface area contributed by atoms with Gasteiger partial charge in [0.2, 0.25) is 0 Å². The fraction of sp³-hybridized carbons (Fsp3) is 0.600. The molecule has 1 fully saturated rings. The number of piperazine rings is 1. The summed E-state index contributed by atoms with van der Waals surface area (Å²) in [6.45, 7) is 6.37. The van der Waals surface area contributed by atoms with Crippen LogP contribution in [0.1, 0.15) is 20.3 Å². The molecular formula is C15H23FN2O. The molecule has 0 bridgehead atoms. The van der Waals surface area contributed by atoms with Gasteiger partial charge in [0, 0.05) is 37.0 Å². The van der Waals surface area contributed by atoms with E-state index in [9.17, 15) is 9.50 Å². The van der Waals surface area contributed by atoms with Crippen molar-refractivity contribution < 1.29 is 9.50 Å². The monoisotopic (exact) mass is 266 g/mol. The number of halogens is 1. The van der Waals surface area contributed by atoms with Gasteiger partial charge >= 0.3 is 0 Å². The fourth-order valence-electron chi connectivity index (χ4n) is 2.66. The van der Waals surface area contributed by atoms with Crippen LogP contribution in [0.2, 0.25) is 0 Å². The maximum absolute atomic E-state index is 13.0. The molecule has 1 aliphatic rings. The van der Waals surface area contributed by atoms with Crippen LogP contribution in [0.15, 0.2) is 24.3 Å². The topological polar surface area (TPSA) is 26.7 Å². The maximum Gasteiger partial charge on any atom is 0.123 e. The number of hydrogen-bond donors (Lipinski definition) is 1. The Balaban J connectivity index is 2.25. The zero-order valence-corrected chi connectivity index (χ0v) is 11.9. The largest absolute Gasteiger partial charge is 0.396 e. The van der Waals surface area contributed by atoms with Crippen LogP contribution in [0.25, 0.3) is 0 Å². The fourth-order valence-corrected chi connectivity index (χ4v) is 2.66. The van der Waals surface area contributed by atoms with Crippen molar-refractivity contribution in [3.63, 3.8) is 0 Å². The Morgan fingerprint density at radius 1 is 1.32 bits per heavy atom. The first-order valence-electron chi connectivity index (χ1n) is 6.78. The van der Waals surface area contributed by atoms with Gasteiger partial charge in [-0.1, -0.05) is 0 Å². The molecule has 0 amide bonds. The number of benzene rings is 1. The third-order valence-corrected chi connectivity index (χ3v) is 4.14. The van der Waals surface area contributed by atoms with Gasteiger partial charge in [0.05, 0.1) is 0 Å². The van der Waals surface area contributed by atoms with E-state index in [4.69, 9.17) is 0 Å². The minimum atomic E-state index is -0.212. The van der Waals surface area contributed by atoms with Crippen LogP contribution in [0.3, 0.4) is 0 Å². The molecule has 0 saturated carbocycles. The van der Waals surface area contributed by atoms with E-state index in [1.54, 1.807) is 0 Å². The van der Waals surface area contributed by atoms with Crippen molar-refractivity contribution in [1.29, 1.82) is 0 Å². The van der Waals surface area contributed by atoms with Gasteiger partial charge in [-0.3, -0.25) is 4.90 Å². The molecule has 1 N–H and O–H groups in total. The summed E-state index contributed by atoms with van der Waals surface area (Å²) in [6, 6.07) is 6.91. The molecule has 0 aromatic heterocycles. The first-order chi connectivity index (χ1) is 8.94. The Kier molecular flexibility index (Phi) is 4.11. The average Bonchev–Trinajstić information content (AvgIpc) is 2.35. The summed E-state index contributed by atoms with van der Waals surface area (Å²) in [4.78, 5) is 4.61. The van der Waals surface area contributed by atoms with E-state index < -0.39 is 0 Å². The van der Waals surface area contributed by atoms with Gasteiger partial charge in [-0.05, 0) is 51.6 Å². The molecule has 1 saturated heterocycles. The van der Waals surface area contributed by atoms with Crippen molar-refractivity contribution in [2.24, 2.45) is 0 Å². The van der Waals surface area contributed by atoms with Crippen LogP contribution < -0.4 is 4.90 Å².